The molecular formula is C44H45ClF6N10O2. The molecule has 2 aliphatic rings. The van der Waals surface area contributed by atoms with Gasteiger partial charge in [-0.1, -0.05) is 29.8 Å². The molecule has 0 unspecified atom stereocenters. The van der Waals surface area contributed by atoms with Gasteiger partial charge in [0, 0.05) is 53.5 Å². The first-order chi connectivity index (χ1) is 29.9. The van der Waals surface area contributed by atoms with Crippen LogP contribution in [0.3, 0.4) is 0 Å². The molecule has 2 saturated carbocycles. The maximum atomic E-state index is 12.6. The van der Waals surface area contributed by atoms with Gasteiger partial charge in [0.25, 0.3) is 11.8 Å². The molecule has 4 aromatic heterocycles. The number of allylic oxidation sites excluding steroid dienone is 2. The van der Waals surface area contributed by atoms with Crippen molar-refractivity contribution in [2.75, 3.05) is 23.7 Å². The monoisotopic (exact) mass is 894 g/mol. The Labute approximate surface area is 363 Å². The molecule has 2 aromatic carbocycles. The third-order valence-corrected chi connectivity index (χ3v) is 10.7. The minimum absolute atomic E-state index is 0.0834. The minimum atomic E-state index is -4.26. The molecule has 0 spiro atoms. The van der Waals surface area contributed by atoms with Gasteiger partial charge in [0.2, 0.25) is 0 Å². The van der Waals surface area contributed by atoms with Crippen LogP contribution in [0.1, 0.15) is 89.9 Å². The topological polar surface area (TPSA) is 143 Å². The molecular weight excluding hydrogens is 850 g/mol. The van der Waals surface area contributed by atoms with Crippen molar-refractivity contribution in [3.8, 4) is 22.5 Å². The van der Waals surface area contributed by atoms with Gasteiger partial charge in [0.1, 0.15) is 0 Å². The standard InChI is InChI=1S/C24H26F3N5O.C20H19ClF3N5O/c1-4-14(2)19-12-20(28-10-9-24(25,26)27)22-29-13-21(32(22)31-19)16-5-8-18(15(3)11-16)23(33)30-17-6-7-17;1-11-8-12(2-5-14(11)19(30)27-13-3-4-13)16-10-26-18-15(9-17(21)28-29(16)18)25-7-6-20(22,23)24/h4-5,8,11-13,17,28H,6-7,9-10H2,1-3H3,(H,30,33);2,5,8-10,13,25H,3-4,6-7H2,1H3,(H,27,30)/b14-4+;. The zero-order valence-electron chi connectivity index (χ0n) is 34.8. The number of anilines is 2. The van der Waals surface area contributed by atoms with Crippen LogP contribution in [0.5, 0.6) is 0 Å². The predicted octanol–water partition coefficient (Wildman–Crippen LogP) is 10.00. The highest BCUT2D eigenvalue weighted by Crippen LogP contribution is 2.31. The number of nitrogens with zero attached hydrogens (tertiary/aromatic N) is 6. The lowest BCUT2D eigenvalue weighted by molar-refractivity contribution is -0.132. The Morgan fingerprint density at radius 2 is 1.16 bits per heavy atom. The highest BCUT2D eigenvalue weighted by molar-refractivity contribution is 6.29. The fourth-order valence-electron chi connectivity index (χ4n) is 6.72. The Morgan fingerprint density at radius 1 is 0.714 bits per heavy atom. The molecule has 19 heteroatoms. The van der Waals surface area contributed by atoms with Gasteiger partial charge in [-0.25, -0.2) is 19.0 Å². The Bertz CT molecular complexity index is 2700. The van der Waals surface area contributed by atoms with Crippen molar-refractivity contribution in [3.05, 3.63) is 100 Å². The van der Waals surface area contributed by atoms with Crippen LogP contribution in [0.15, 0.2) is 67.0 Å². The number of nitrogens with one attached hydrogen (secondary N) is 4. The number of hydrogen-bond acceptors (Lipinski definition) is 8. The Hall–Kier alpha value is -6.17. The van der Waals surface area contributed by atoms with Crippen molar-refractivity contribution in [3.63, 3.8) is 0 Å². The van der Waals surface area contributed by atoms with Gasteiger partial charge in [0.15, 0.2) is 16.4 Å². The van der Waals surface area contributed by atoms with Crippen LogP contribution in [-0.4, -0.2) is 78.5 Å². The van der Waals surface area contributed by atoms with Gasteiger partial charge in [-0.3, -0.25) is 9.59 Å². The minimum Gasteiger partial charge on any atom is -0.382 e. The zero-order valence-corrected chi connectivity index (χ0v) is 35.6. The van der Waals surface area contributed by atoms with Crippen LogP contribution in [-0.2, 0) is 0 Å². The summed E-state index contributed by atoms with van der Waals surface area (Å²) < 4.78 is 78.4. The number of halogens is 7. The van der Waals surface area contributed by atoms with Gasteiger partial charge in [-0.05, 0) is 100 Å². The van der Waals surface area contributed by atoms with E-state index in [9.17, 15) is 35.9 Å². The summed E-state index contributed by atoms with van der Waals surface area (Å²) in [6.07, 6.45) is -1.26. The van der Waals surface area contributed by atoms with Gasteiger partial charge in [-0.15, -0.1) is 0 Å². The molecule has 2 aliphatic carbocycles. The second-order valence-electron chi connectivity index (χ2n) is 15.7. The van der Waals surface area contributed by atoms with E-state index in [4.69, 9.17) is 11.6 Å². The summed E-state index contributed by atoms with van der Waals surface area (Å²) in [5, 5.41) is 20.6. The van der Waals surface area contributed by atoms with E-state index in [1.54, 1.807) is 41.2 Å². The number of aryl methyl sites for hydroxylation is 2. The molecule has 63 heavy (non-hydrogen) atoms. The predicted molar refractivity (Wildman–Crippen MR) is 230 cm³/mol. The van der Waals surface area contributed by atoms with E-state index in [0.717, 1.165) is 53.5 Å². The van der Waals surface area contributed by atoms with Crippen molar-refractivity contribution in [1.29, 1.82) is 0 Å². The molecule has 0 aliphatic heterocycles. The summed E-state index contributed by atoms with van der Waals surface area (Å²) in [4.78, 5) is 33.5. The van der Waals surface area contributed by atoms with Crippen molar-refractivity contribution < 1.29 is 35.9 Å². The number of benzene rings is 2. The van der Waals surface area contributed by atoms with E-state index in [1.807, 2.05) is 52.0 Å². The number of aromatic nitrogens is 6. The third-order valence-electron chi connectivity index (χ3n) is 10.5. The fourth-order valence-corrected chi connectivity index (χ4v) is 6.90. The average Bonchev–Trinajstić information content (AvgIpc) is 4.13. The zero-order chi connectivity index (χ0) is 45.2. The maximum Gasteiger partial charge on any atom is 0.390 e. The lowest BCUT2D eigenvalue weighted by Gasteiger charge is -2.13. The SMILES string of the molecule is C/C=C(\C)c1cc(NCCC(F)(F)F)c2ncc(-c3ccc(C(=O)NC4CC4)c(C)c3)n2n1.Cc1cc(-c2cnc3c(NCCC(F)(F)F)cc(Cl)nn23)ccc1C(=O)NC1CC1. The number of carbonyl (C=O) groups excluding carboxylic acids is 2. The van der Waals surface area contributed by atoms with Crippen LogP contribution in [0.4, 0.5) is 37.7 Å². The molecule has 4 N–H and O–H groups in total. The summed E-state index contributed by atoms with van der Waals surface area (Å²) in [5.41, 5.74) is 8.88. The molecule has 0 saturated heterocycles. The summed E-state index contributed by atoms with van der Waals surface area (Å²) >= 11 is 6.09. The summed E-state index contributed by atoms with van der Waals surface area (Å²) in [5.74, 6) is -0.183. The molecule has 0 atom stereocenters. The highest BCUT2D eigenvalue weighted by Gasteiger charge is 2.29. The van der Waals surface area contributed by atoms with E-state index >= 15 is 0 Å². The van der Waals surface area contributed by atoms with Gasteiger partial charge < -0.3 is 21.3 Å². The van der Waals surface area contributed by atoms with Crippen molar-refractivity contribution in [1.82, 2.24) is 39.8 Å². The first kappa shape index (κ1) is 44.9. The van der Waals surface area contributed by atoms with Gasteiger partial charge in [0.05, 0.1) is 53.7 Å². The third kappa shape index (κ3) is 11.3. The molecule has 2 fully saturated rings. The maximum absolute atomic E-state index is 12.6. The molecule has 2 amide bonds. The molecule has 6 aromatic rings. The van der Waals surface area contributed by atoms with Gasteiger partial charge >= 0.3 is 12.4 Å². The number of hydrogen-bond donors (Lipinski definition) is 4. The van der Waals surface area contributed by atoms with Gasteiger partial charge in [-0.2, -0.15) is 36.5 Å². The number of alkyl halides is 6. The summed E-state index contributed by atoms with van der Waals surface area (Å²) in [7, 11) is 0. The first-order valence-electron chi connectivity index (χ1n) is 20.4. The largest absolute Gasteiger partial charge is 0.390 e. The Kier molecular flexibility index (Phi) is 13.0. The molecule has 8 rings (SSSR count). The van der Waals surface area contributed by atoms with E-state index in [-0.39, 0.29) is 42.1 Å². The Morgan fingerprint density at radius 3 is 1.57 bits per heavy atom. The fraction of sp³-hybridized carbons (Fsp3) is 0.364. The second kappa shape index (κ2) is 18.3. The van der Waals surface area contributed by atoms with Crippen molar-refractivity contribution >= 4 is 51.7 Å². The quantitative estimate of drug-likeness (QED) is 0.0840. The first-order valence-corrected chi connectivity index (χ1v) is 20.8. The average molecular weight is 895 g/mol. The lowest BCUT2D eigenvalue weighted by Crippen LogP contribution is -2.26. The van der Waals surface area contributed by atoms with E-state index in [2.05, 4.69) is 41.4 Å². The van der Waals surface area contributed by atoms with Crippen LogP contribution in [0, 0.1) is 13.8 Å². The molecule has 4 heterocycles. The molecule has 12 nitrogen and oxygen atoms in total. The molecule has 0 radical (unpaired) electrons. The number of imidazole rings is 2. The second-order valence-corrected chi connectivity index (χ2v) is 16.1. The van der Waals surface area contributed by atoms with E-state index in [1.165, 1.54) is 10.6 Å². The van der Waals surface area contributed by atoms with Crippen molar-refractivity contribution in [2.24, 2.45) is 0 Å². The van der Waals surface area contributed by atoms with E-state index < -0.39 is 25.2 Å². The van der Waals surface area contributed by atoms with E-state index in [0.29, 0.717) is 50.9 Å². The lowest BCUT2D eigenvalue weighted by atomic mass is 10.0. The molecule has 0 bridgehead atoms. The summed E-state index contributed by atoms with van der Waals surface area (Å²) in [6, 6.07) is 14.6. The Balaban J connectivity index is 0.000000190. The number of rotatable bonds is 13. The van der Waals surface area contributed by atoms with Crippen molar-refractivity contribution in [2.45, 2.75) is 90.7 Å². The smallest absolute Gasteiger partial charge is 0.382 e. The van der Waals surface area contributed by atoms with Crippen LogP contribution >= 0.6 is 11.6 Å². The summed E-state index contributed by atoms with van der Waals surface area (Å²) in [6.45, 7) is 6.93. The van der Waals surface area contributed by atoms with Crippen LogP contribution in [0.25, 0.3) is 39.4 Å². The number of carbonyl (C=O) groups is 2. The number of fused-ring (bicyclic) bond motifs is 2. The molecule has 332 valence electrons. The normalized spacial score (nSPS) is 14.4. The highest BCUT2D eigenvalue weighted by atomic mass is 35.5. The van der Waals surface area contributed by atoms with Crippen LogP contribution in [0.2, 0.25) is 5.15 Å². The van der Waals surface area contributed by atoms with Crippen LogP contribution < -0.4 is 21.3 Å². The number of amides is 2.